The number of hydrogen-bond acceptors (Lipinski definition) is 4. The van der Waals surface area contributed by atoms with E-state index >= 15 is 0 Å². The molecule has 1 fully saturated rings. The van der Waals surface area contributed by atoms with Gasteiger partial charge in [0, 0.05) is 18.8 Å². The van der Waals surface area contributed by atoms with Gasteiger partial charge in [-0.3, -0.25) is 5.41 Å². The standard InChI is InChI=1S/C15H22BFN2O2/c1-6-15(4)14(2,3)20-16(21-15)11-7-10(9-19-5)13(18)12(17)8-11/h7-9,18-19H,6H2,1-5H3/b10-9-,18-13?. The molecule has 1 aliphatic heterocycles. The molecule has 6 heteroatoms. The summed E-state index contributed by atoms with van der Waals surface area (Å²) in [5.41, 5.74) is 0.0391. The van der Waals surface area contributed by atoms with Crippen LogP contribution in [0, 0.1) is 5.41 Å². The SMILES string of the molecule is CCC1(C)OB(C2=C/C(=C/NC)C(=N)C(F)=C2)OC1(C)C. The van der Waals surface area contributed by atoms with E-state index in [4.69, 9.17) is 14.7 Å². The zero-order valence-corrected chi connectivity index (χ0v) is 13.2. The van der Waals surface area contributed by atoms with E-state index in [0.717, 1.165) is 6.42 Å². The molecule has 1 unspecified atom stereocenters. The van der Waals surface area contributed by atoms with Gasteiger partial charge in [-0.1, -0.05) is 13.0 Å². The normalized spacial score (nSPS) is 30.5. The van der Waals surface area contributed by atoms with Crippen molar-refractivity contribution in [3.63, 3.8) is 0 Å². The molecule has 0 saturated carbocycles. The first-order valence-corrected chi connectivity index (χ1v) is 7.15. The molecule has 4 nitrogen and oxygen atoms in total. The van der Waals surface area contributed by atoms with Crippen LogP contribution in [0.25, 0.3) is 0 Å². The van der Waals surface area contributed by atoms with Gasteiger partial charge < -0.3 is 14.6 Å². The number of hydrogen-bond donors (Lipinski definition) is 2. The molecular formula is C15H22BFN2O2. The molecule has 1 heterocycles. The molecule has 1 saturated heterocycles. The predicted octanol–water partition coefficient (Wildman–Crippen LogP) is 2.92. The predicted molar refractivity (Wildman–Crippen MR) is 82.8 cm³/mol. The maximum Gasteiger partial charge on any atom is 0.494 e. The van der Waals surface area contributed by atoms with E-state index in [-0.39, 0.29) is 5.71 Å². The second kappa shape index (κ2) is 5.42. The highest BCUT2D eigenvalue weighted by molar-refractivity contribution is 6.56. The Morgan fingerprint density at radius 2 is 2.00 bits per heavy atom. The third-order valence-electron chi connectivity index (χ3n) is 4.43. The quantitative estimate of drug-likeness (QED) is 0.786. The lowest BCUT2D eigenvalue weighted by Gasteiger charge is -2.35. The van der Waals surface area contributed by atoms with Crippen LogP contribution in [0.5, 0.6) is 0 Å². The highest BCUT2D eigenvalue weighted by Gasteiger charge is 2.54. The third-order valence-corrected chi connectivity index (χ3v) is 4.43. The van der Waals surface area contributed by atoms with Crippen LogP contribution in [0.3, 0.4) is 0 Å². The van der Waals surface area contributed by atoms with Crippen LogP contribution in [0.15, 0.2) is 35.2 Å². The van der Waals surface area contributed by atoms with E-state index in [1.54, 1.807) is 19.3 Å². The number of rotatable bonds is 3. The summed E-state index contributed by atoms with van der Waals surface area (Å²) in [6, 6.07) is 0. The zero-order chi connectivity index (χ0) is 15.8. The molecule has 1 atom stereocenters. The Morgan fingerprint density at radius 1 is 1.33 bits per heavy atom. The van der Waals surface area contributed by atoms with Gasteiger partial charge in [0.15, 0.2) is 0 Å². The Kier molecular flexibility index (Phi) is 4.13. The Morgan fingerprint density at radius 3 is 2.52 bits per heavy atom. The maximum atomic E-state index is 13.9. The fraction of sp³-hybridized carbons (Fsp3) is 0.533. The molecule has 0 aromatic carbocycles. The van der Waals surface area contributed by atoms with Gasteiger partial charge in [0.1, 0.15) is 5.83 Å². The van der Waals surface area contributed by atoms with E-state index < -0.39 is 24.1 Å². The van der Waals surface area contributed by atoms with Gasteiger partial charge in [-0.2, -0.15) is 0 Å². The van der Waals surface area contributed by atoms with Crippen molar-refractivity contribution in [2.24, 2.45) is 0 Å². The largest absolute Gasteiger partial charge is 0.494 e. The summed E-state index contributed by atoms with van der Waals surface area (Å²) in [4.78, 5) is 0. The summed E-state index contributed by atoms with van der Waals surface area (Å²) < 4.78 is 26.0. The topological polar surface area (TPSA) is 54.3 Å². The van der Waals surface area contributed by atoms with Gasteiger partial charge in [-0.05, 0) is 38.7 Å². The first kappa shape index (κ1) is 16.0. The second-order valence-corrected chi connectivity index (χ2v) is 6.06. The monoisotopic (exact) mass is 292 g/mol. The average Bonchev–Trinajstić information content (AvgIpc) is 2.66. The van der Waals surface area contributed by atoms with Crippen molar-refractivity contribution >= 4 is 12.8 Å². The lowest BCUT2D eigenvalue weighted by Crippen LogP contribution is -2.44. The minimum Gasteiger partial charge on any atom is -0.399 e. The van der Waals surface area contributed by atoms with Gasteiger partial charge in [0.25, 0.3) is 0 Å². The first-order chi connectivity index (χ1) is 9.74. The maximum absolute atomic E-state index is 13.9. The van der Waals surface area contributed by atoms with Crippen LogP contribution in [0.1, 0.15) is 34.1 Å². The minimum absolute atomic E-state index is 0.136. The van der Waals surface area contributed by atoms with Crippen LogP contribution in [-0.4, -0.2) is 31.1 Å². The molecular weight excluding hydrogens is 270 g/mol. The van der Waals surface area contributed by atoms with Gasteiger partial charge in [0.2, 0.25) is 0 Å². The second-order valence-electron chi connectivity index (χ2n) is 6.06. The van der Waals surface area contributed by atoms with E-state index in [2.05, 4.69) is 5.32 Å². The fourth-order valence-electron chi connectivity index (χ4n) is 2.49. The number of nitrogens with one attached hydrogen (secondary N) is 2. The molecule has 0 amide bonds. The molecule has 1 aliphatic carbocycles. The fourth-order valence-corrected chi connectivity index (χ4v) is 2.49. The average molecular weight is 292 g/mol. The van der Waals surface area contributed by atoms with E-state index in [0.29, 0.717) is 11.0 Å². The van der Waals surface area contributed by atoms with Gasteiger partial charge in [-0.15, -0.1) is 0 Å². The van der Waals surface area contributed by atoms with Crippen molar-refractivity contribution in [2.45, 2.75) is 45.3 Å². The molecule has 0 aromatic heterocycles. The van der Waals surface area contributed by atoms with Crippen molar-refractivity contribution in [1.82, 2.24) is 5.32 Å². The summed E-state index contributed by atoms with van der Waals surface area (Å²) in [5, 5.41) is 10.6. The Bertz CT molecular complexity index is 554. The zero-order valence-electron chi connectivity index (χ0n) is 13.2. The molecule has 0 aromatic rings. The smallest absolute Gasteiger partial charge is 0.399 e. The van der Waals surface area contributed by atoms with Crippen molar-refractivity contribution < 1.29 is 13.7 Å². The van der Waals surface area contributed by atoms with Gasteiger partial charge >= 0.3 is 7.12 Å². The minimum atomic E-state index is -0.621. The van der Waals surface area contributed by atoms with Crippen LogP contribution in [0.2, 0.25) is 0 Å². The summed E-state index contributed by atoms with van der Waals surface area (Å²) in [6.45, 7) is 8.00. The lowest BCUT2D eigenvalue weighted by molar-refractivity contribution is -0.0118. The van der Waals surface area contributed by atoms with Crippen molar-refractivity contribution in [3.05, 3.63) is 35.2 Å². The van der Waals surface area contributed by atoms with E-state index in [1.165, 1.54) is 6.08 Å². The number of allylic oxidation sites excluding steroid dienone is 5. The molecule has 114 valence electrons. The molecule has 2 aliphatic rings. The molecule has 0 bridgehead atoms. The van der Waals surface area contributed by atoms with E-state index in [1.807, 2.05) is 27.7 Å². The van der Waals surface area contributed by atoms with Crippen molar-refractivity contribution in [2.75, 3.05) is 7.05 Å². The molecule has 0 spiro atoms. The lowest BCUT2D eigenvalue weighted by atomic mass is 9.74. The molecule has 2 N–H and O–H groups in total. The Labute approximate surface area is 125 Å². The summed E-state index contributed by atoms with van der Waals surface area (Å²) in [7, 11) is 1.09. The van der Waals surface area contributed by atoms with Gasteiger partial charge in [0.05, 0.1) is 16.9 Å². The molecule has 2 rings (SSSR count). The summed E-state index contributed by atoms with van der Waals surface area (Å²) >= 11 is 0. The molecule has 0 radical (unpaired) electrons. The van der Waals surface area contributed by atoms with Crippen LogP contribution in [-0.2, 0) is 9.31 Å². The van der Waals surface area contributed by atoms with Crippen LogP contribution in [0.4, 0.5) is 4.39 Å². The number of halogens is 1. The highest BCUT2D eigenvalue weighted by atomic mass is 19.1. The van der Waals surface area contributed by atoms with Crippen molar-refractivity contribution in [1.29, 1.82) is 5.41 Å². The third kappa shape index (κ3) is 2.70. The van der Waals surface area contributed by atoms with Crippen LogP contribution < -0.4 is 5.32 Å². The highest BCUT2D eigenvalue weighted by Crippen LogP contribution is 2.42. The van der Waals surface area contributed by atoms with Crippen LogP contribution >= 0.6 is 0 Å². The summed E-state index contributed by atoms with van der Waals surface area (Å²) in [5.74, 6) is -0.580. The Balaban J connectivity index is 2.33. The summed E-state index contributed by atoms with van der Waals surface area (Å²) in [6.07, 6.45) is 5.43. The Hall–Kier alpha value is -1.40. The van der Waals surface area contributed by atoms with Crippen molar-refractivity contribution in [3.8, 4) is 0 Å². The first-order valence-electron chi connectivity index (χ1n) is 7.15. The van der Waals surface area contributed by atoms with E-state index in [9.17, 15) is 4.39 Å². The molecule has 21 heavy (non-hydrogen) atoms. The van der Waals surface area contributed by atoms with Gasteiger partial charge in [-0.25, -0.2) is 4.39 Å².